The van der Waals surface area contributed by atoms with Crippen LogP contribution in [0.3, 0.4) is 0 Å². The standard InChI is InChI=1S/C15H16ClN3O3/c1-2-22-14(11-6-4-3-5-7-11)10-18-15-13(16)8-12(9-17-15)19(20)21/h3-9,14H,2,10H2,1H3,(H,17,18). The van der Waals surface area contributed by atoms with Gasteiger partial charge in [-0.1, -0.05) is 41.9 Å². The SMILES string of the molecule is CCOC(CNc1ncc([N+](=O)[O-])cc1Cl)c1ccccc1. The van der Waals surface area contributed by atoms with Gasteiger partial charge in [-0.25, -0.2) is 4.98 Å². The van der Waals surface area contributed by atoms with E-state index in [1.807, 2.05) is 37.3 Å². The zero-order chi connectivity index (χ0) is 15.9. The van der Waals surface area contributed by atoms with Crippen LogP contribution in [0.4, 0.5) is 11.5 Å². The van der Waals surface area contributed by atoms with E-state index in [-0.39, 0.29) is 16.8 Å². The van der Waals surface area contributed by atoms with Gasteiger partial charge in [-0.15, -0.1) is 0 Å². The van der Waals surface area contributed by atoms with Gasteiger partial charge in [0, 0.05) is 19.2 Å². The van der Waals surface area contributed by atoms with E-state index in [1.165, 1.54) is 12.3 Å². The number of hydrogen-bond donors (Lipinski definition) is 1. The van der Waals surface area contributed by atoms with E-state index in [0.717, 1.165) is 5.56 Å². The number of anilines is 1. The molecular weight excluding hydrogens is 306 g/mol. The van der Waals surface area contributed by atoms with E-state index in [2.05, 4.69) is 10.3 Å². The fourth-order valence-corrected chi connectivity index (χ4v) is 2.22. The summed E-state index contributed by atoms with van der Waals surface area (Å²) in [7, 11) is 0. The molecule has 0 saturated heterocycles. The molecule has 0 aliphatic heterocycles. The van der Waals surface area contributed by atoms with Crippen molar-refractivity contribution >= 4 is 23.1 Å². The van der Waals surface area contributed by atoms with Crippen LogP contribution < -0.4 is 5.32 Å². The van der Waals surface area contributed by atoms with Crippen LogP contribution in [0.1, 0.15) is 18.6 Å². The molecular formula is C15H16ClN3O3. The maximum atomic E-state index is 10.7. The molecule has 0 radical (unpaired) electrons. The molecule has 116 valence electrons. The van der Waals surface area contributed by atoms with E-state index in [0.29, 0.717) is 19.0 Å². The second kappa shape index (κ2) is 7.72. The van der Waals surface area contributed by atoms with Crippen molar-refractivity contribution in [1.82, 2.24) is 4.98 Å². The Bertz CT molecular complexity index is 637. The van der Waals surface area contributed by atoms with E-state index >= 15 is 0 Å². The number of benzene rings is 1. The largest absolute Gasteiger partial charge is 0.372 e. The third-order valence-electron chi connectivity index (χ3n) is 3.03. The monoisotopic (exact) mass is 321 g/mol. The molecule has 2 rings (SSSR count). The molecule has 1 unspecified atom stereocenters. The topological polar surface area (TPSA) is 77.3 Å². The van der Waals surface area contributed by atoms with Crippen molar-refractivity contribution in [1.29, 1.82) is 0 Å². The van der Waals surface area contributed by atoms with Crippen LogP contribution in [0.5, 0.6) is 0 Å². The maximum absolute atomic E-state index is 10.7. The highest BCUT2D eigenvalue weighted by molar-refractivity contribution is 6.33. The van der Waals surface area contributed by atoms with Gasteiger partial charge >= 0.3 is 0 Å². The van der Waals surface area contributed by atoms with Crippen LogP contribution in [0.15, 0.2) is 42.6 Å². The number of aromatic nitrogens is 1. The Morgan fingerprint density at radius 2 is 2.14 bits per heavy atom. The highest BCUT2D eigenvalue weighted by Crippen LogP contribution is 2.25. The van der Waals surface area contributed by atoms with Gasteiger partial charge in [0.1, 0.15) is 12.0 Å². The van der Waals surface area contributed by atoms with Gasteiger partial charge in [0.25, 0.3) is 5.69 Å². The molecule has 6 nitrogen and oxygen atoms in total. The average molecular weight is 322 g/mol. The molecule has 0 saturated carbocycles. The first-order valence-electron chi connectivity index (χ1n) is 6.82. The summed E-state index contributed by atoms with van der Waals surface area (Å²) >= 11 is 6.01. The molecule has 0 bridgehead atoms. The van der Waals surface area contributed by atoms with Gasteiger partial charge in [0.05, 0.1) is 16.0 Å². The number of nitrogens with zero attached hydrogens (tertiary/aromatic N) is 2. The minimum absolute atomic E-state index is 0.139. The number of nitrogens with one attached hydrogen (secondary N) is 1. The second-order valence-corrected chi connectivity index (χ2v) is 4.92. The van der Waals surface area contributed by atoms with Crippen LogP contribution in [0, 0.1) is 10.1 Å². The zero-order valence-corrected chi connectivity index (χ0v) is 12.8. The minimum Gasteiger partial charge on any atom is -0.372 e. The summed E-state index contributed by atoms with van der Waals surface area (Å²) < 4.78 is 5.71. The van der Waals surface area contributed by atoms with Crippen molar-refractivity contribution in [2.75, 3.05) is 18.5 Å². The fraction of sp³-hybridized carbons (Fsp3) is 0.267. The van der Waals surface area contributed by atoms with Gasteiger partial charge in [0.15, 0.2) is 0 Å². The van der Waals surface area contributed by atoms with Crippen LogP contribution in [0.2, 0.25) is 5.02 Å². The molecule has 0 fully saturated rings. The van der Waals surface area contributed by atoms with Crippen molar-refractivity contribution in [3.63, 3.8) is 0 Å². The molecule has 0 aliphatic rings. The average Bonchev–Trinajstić information content (AvgIpc) is 2.53. The molecule has 22 heavy (non-hydrogen) atoms. The molecule has 2 aromatic rings. The van der Waals surface area contributed by atoms with Crippen LogP contribution >= 0.6 is 11.6 Å². The van der Waals surface area contributed by atoms with E-state index in [4.69, 9.17) is 16.3 Å². The Labute approximate surface area is 133 Å². The first kappa shape index (κ1) is 16.2. The van der Waals surface area contributed by atoms with Gasteiger partial charge < -0.3 is 10.1 Å². The van der Waals surface area contributed by atoms with Crippen molar-refractivity contribution in [2.24, 2.45) is 0 Å². The van der Waals surface area contributed by atoms with E-state index < -0.39 is 4.92 Å². The normalized spacial score (nSPS) is 11.9. The summed E-state index contributed by atoms with van der Waals surface area (Å²) in [5.74, 6) is 0.396. The Kier molecular flexibility index (Phi) is 5.68. The molecule has 1 atom stereocenters. The maximum Gasteiger partial charge on any atom is 0.289 e. The molecule has 1 N–H and O–H groups in total. The first-order valence-corrected chi connectivity index (χ1v) is 7.20. The van der Waals surface area contributed by atoms with E-state index in [9.17, 15) is 10.1 Å². The molecule has 1 aromatic carbocycles. The van der Waals surface area contributed by atoms with Gasteiger partial charge in [-0.3, -0.25) is 10.1 Å². The summed E-state index contributed by atoms with van der Waals surface area (Å²) in [4.78, 5) is 14.1. The lowest BCUT2D eigenvalue weighted by Crippen LogP contribution is -2.16. The van der Waals surface area contributed by atoms with Gasteiger partial charge in [-0.2, -0.15) is 0 Å². The predicted molar refractivity (Wildman–Crippen MR) is 85.2 cm³/mol. The van der Waals surface area contributed by atoms with Crippen molar-refractivity contribution in [3.8, 4) is 0 Å². The lowest BCUT2D eigenvalue weighted by molar-refractivity contribution is -0.385. The molecule has 0 amide bonds. The predicted octanol–water partition coefficient (Wildman–Crippen LogP) is 3.83. The summed E-state index contributed by atoms with van der Waals surface area (Å²) in [6, 6.07) is 11.1. The number of pyridine rings is 1. The van der Waals surface area contributed by atoms with Crippen LogP contribution in [-0.2, 0) is 4.74 Å². The molecule has 1 heterocycles. The number of ether oxygens (including phenoxy) is 1. The molecule has 0 aliphatic carbocycles. The summed E-state index contributed by atoms with van der Waals surface area (Å²) in [6.45, 7) is 2.96. The highest BCUT2D eigenvalue weighted by atomic mass is 35.5. The lowest BCUT2D eigenvalue weighted by atomic mass is 10.1. The quantitative estimate of drug-likeness (QED) is 0.619. The molecule has 0 spiro atoms. The van der Waals surface area contributed by atoms with Crippen LogP contribution in [-0.4, -0.2) is 23.1 Å². The van der Waals surface area contributed by atoms with Crippen molar-refractivity contribution in [3.05, 3.63) is 63.3 Å². The third-order valence-corrected chi connectivity index (χ3v) is 3.32. The number of nitro groups is 1. The lowest BCUT2D eigenvalue weighted by Gasteiger charge is -2.18. The minimum atomic E-state index is -0.532. The van der Waals surface area contributed by atoms with Gasteiger partial charge in [0.2, 0.25) is 0 Å². The highest BCUT2D eigenvalue weighted by Gasteiger charge is 2.14. The fourth-order valence-electron chi connectivity index (χ4n) is 1.99. The van der Waals surface area contributed by atoms with Crippen molar-refractivity contribution < 1.29 is 9.66 Å². The zero-order valence-electron chi connectivity index (χ0n) is 12.0. The third kappa shape index (κ3) is 4.16. The first-order chi connectivity index (χ1) is 10.6. The smallest absolute Gasteiger partial charge is 0.289 e. The second-order valence-electron chi connectivity index (χ2n) is 4.52. The van der Waals surface area contributed by atoms with Crippen LogP contribution in [0.25, 0.3) is 0 Å². The Morgan fingerprint density at radius 1 is 1.41 bits per heavy atom. The number of halogens is 1. The number of rotatable bonds is 7. The van der Waals surface area contributed by atoms with Crippen molar-refractivity contribution in [2.45, 2.75) is 13.0 Å². The van der Waals surface area contributed by atoms with Gasteiger partial charge in [-0.05, 0) is 12.5 Å². The Hall–Kier alpha value is -2.18. The molecule has 7 heteroatoms. The Balaban J connectivity index is 2.08. The number of hydrogen-bond acceptors (Lipinski definition) is 5. The summed E-state index contributed by atoms with van der Waals surface area (Å²) in [5.41, 5.74) is 0.898. The molecule has 1 aromatic heterocycles. The Morgan fingerprint density at radius 3 is 2.73 bits per heavy atom. The summed E-state index contributed by atoms with van der Waals surface area (Å²) in [5, 5.41) is 13.9. The van der Waals surface area contributed by atoms with E-state index in [1.54, 1.807) is 0 Å². The summed E-state index contributed by atoms with van der Waals surface area (Å²) in [6.07, 6.45) is 1.02.